The zero-order valence-corrected chi connectivity index (χ0v) is 15.4. The van der Waals surface area contributed by atoms with Gasteiger partial charge in [0.1, 0.15) is 0 Å². The van der Waals surface area contributed by atoms with Gasteiger partial charge in [0.05, 0.1) is 6.04 Å². The van der Waals surface area contributed by atoms with Gasteiger partial charge >= 0.3 is 0 Å². The second-order valence-electron chi connectivity index (χ2n) is 7.05. The fraction of sp³-hybridized carbons (Fsp3) is 0.650. The molecule has 1 amide bonds. The third-order valence-corrected chi connectivity index (χ3v) is 5.08. The molecule has 0 bridgehead atoms. The van der Waals surface area contributed by atoms with E-state index < -0.39 is 0 Å². The normalized spacial score (nSPS) is 19.0. The van der Waals surface area contributed by atoms with Gasteiger partial charge in [-0.2, -0.15) is 0 Å². The van der Waals surface area contributed by atoms with Gasteiger partial charge < -0.3 is 10.6 Å². The molecule has 2 N–H and O–H groups in total. The molecule has 0 spiro atoms. The van der Waals surface area contributed by atoms with Crippen LogP contribution >= 0.6 is 0 Å². The average molecular weight is 332 g/mol. The number of amides is 1. The Morgan fingerprint density at radius 2 is 1.88 bits per heavy atom. The molecule has 2 rings (SSSR count). The molecular weight excluding hydrogens is 298 g/mol. The average Bonchev–Trinajstić information content (AvgIpc) is 2.61. The molecule has 1 aliphatic heterocycles. The Kier molecular flexibility index (Phi) is 7.73. The number of hydrogen-bond acceptors (Lipinski definition) is 3. The van der Waals surface area contributed by atoms with E-state index in [4.69, 9.17) is 0 Å². The first-order valence-electron chi connectivity index (χ1n) is 9.39. The van der Waals surface area contributed by atoms with Gasteiger partial charge in [-0.25, -0.2) is 0 Å². The molecule has 1 aromatic carbocycles. The quantitative estimate of drug-likeness (QED) is 0.769. The first-order chi connectivity index (χ1) is 11.6. The van der Waals surface area contributed by atoms with Crippen LogP contribution in [-0.2, 0) is 11.2 Å². The lowest BCUT2D eigenvalue weighted by molar-refractivity contribution is -0.126. The summed E-state index contributed by atoms with van der Waals surface area (Å²) in [6.07, 6.45) is 3.52. The Hall–Kier alpha value is -1.39. The molecule has 1 aliphatic rings. The number of benzene rings is 1. The van der Waals surface area contributed by atoms with Crippen LogP contribution in [0.3, 0.4) is 0 Å². The summed E-state index contributed by atoms with van der Waals surface area (Å²) in [4.78, 5) is 14.7. The monoisotopic (exact) mass is 331 g/mol. The molecule has 1 unspecified atom stereocenters. The zero-order valence-electron chi connectivity index (χ0n) is 15.4. The Balaban J connectivity index is 1.71. The number of rotatable bonds is 8. The molecule has 1 heterocycles. The topological polar surface area (TPSA) is 44.4 Å². The maximum absolute atomic E-state index is 12.3. The van der Waals surface area contributed by atoms with Crippen molar-refractivity contribution in [1.82, 2.24) is 15.5 Å². The summed E-state index contributed by atoms with van der Waals surface area (Å²) in [6, 6.07) is 11.0. The van der Waals surface area contributed by atoms with E-state index in [1.54, 1.807) is 0 Å². The molecule has 2 atom stereocenters. The van der Waals surface area contributed by atoms with Gasteiger partial charge in [-0.3, -0.25) is 9.69 Å². The standard InChI is InChI=1S/C20H33N3O/c1-4-21-16(2)15-22-20(24)17(3)23-12-10-19(11-13-23)14-18-8-6-5-7-9-18/h5-9,16-17,19,21H,4,10-15H2,1-3H3,(H,22,24)/t16-,17?/m1/s1. The Bertz CT molecular complexity index is 483. The van der Waals surface area contributed by atoms with Crippen molar-refractivity contribution in [3.05, 3.63) is 35.9 Å². The van der Waals surface area contributed by atoms with Crippen molar-refractivity contribution >= 4 is 5.91 Å². The zero-order chi connectivity index (χ0) is 17.4. The van der Waals surface area contributed by atoms with E-state index in [9.17, 15) is 4.79 Å². The third kappa shape index (κ3) is 5.91. The summed E-state index contributed by atoms with van der Waals surface area (Å²) in [5.74, 6) is 0.897. The van der Waals surface area contributed by atoms with Gasteiger partial charge in [0, 0.05) is 12.6 Å². The highest BCUT2D eigenvalue weighted by Crippen LogP contribution is 2.22. The largest absolute Gasteiger partial charge is 0.353 e. The fourth-order valence-corrected chi connectivity index (χ4v) is 3.48. The Morgan fingerprint density at radius 1 is 1.21 bits per heavy atom. The molecule has 0 aromatic heterocycles. The smallest absolute Gasteiger partial charge is 0.237 e. The van der Waals surface area contributed by atoms with Crippen LogP contribution in [-0.4, -0.2) is 49.1 Å². The highest BCUT2D eigenvalue weighted by molar-refractivity contribution is 5.81. The fourth-order valence-electron chi connectivity index (χ4n) is 3.48. The maximum Gasteiger partial charge on any atom is 0.237 e. The van der Waals surface area contributed by atoms with Crippen LogP contribution in [0.1, 0.15) is 39.2 Å². The summed E-state index contributed by atoms with van der Waals surface area (Å²) in [5.41, 5.74) is 1.43. The first-order valence-corrected chi connectivity index (χ1v) is 9.39. The highest BCUT2D eigenvalue weighted by Gasteiger charge is 2.26. The van der Waals surface area contributed by atoms with E-state index in [2.05, 4.69) is 59.7 Å². The lowest BCUT2D eigenvalue weighted by Gasteiger charge is -2.35. The molecular formula is C20H33N3O. The van der Waals surface area contributed by atoms with E-state index in [-0.39, 0.29) is 11.9 Å². The predicted molar refractivity (Wildman–Crippen MR) is 100 cm³/mol. The number of likely N-dealkylation sites (tertiary alicyclic amines) is 1. The number of likely N-dealkylation sites (N-methyl/N-ethyl adjacent to an activating group) is 1. The van der Waals surface area contributed by atoms with Gasteiger partial charge in [-0.05, 0) is 64.2 Å². The van der Waals surface area contributed by atoms with Crippen molar-refractivity contribution in [2.24, 2.45) is 5.92 Å². The summed E-state index contributed by atoms with van der Waals surface area (Å²) in [5, 5.41) is 6.39. The minimum atomic E-state index is -0.0310. The number of piperidine rings is 1. The van der Waals surface area contributed by atoms with E-state index >= 15 is 0 Å². The van der Waals surface area contributed by atoms with Gasteiger partial charge in [0.2, 0.25) is 5.91 Å². The van der Waals surface area contributed by atoms with Crippen molar-refractivity contribution < 1.29 is 4.79 Å². The maximum atomic E-state index is 12.3. The molecule has 0 radical (unpaired) electrons. The highest BCUT2D eigenvalue weighted by atomic mass is 16.2. The van der Waals surface area contributed by atoms with E-state index in [0.29, 0.717) is 12.6 Å². The molecule has 4 nitrogen and oxygen atoms in total. The van der Waals surface area contributed by atoms with Crippen molar-refractivity contribution in [1.29, 1.82) is 0 Å². The Labute approximate surface area is 147 Å². The van der Waals surface area contributed by atoms with Crippen LogP contribution in [0.5, 0.6) is 0 Å². The van der Waals surface area contributed by atoms with Crippen LogP contribution in [0, 0.1) is 5.92 Å². The van der Waals surface area contributed by atoms with Gasteiger partial charge in [0.25, 0.3) is 0 Å². The summed E-state index contributed by atoms with van der Waals surface area (Å²) < 4.78 is 0. The molecule has 0 saturated carbocycles. The van der Waals surface area contributed by atoms with Crippen LogP contribution in [0.2, 0.25) is 0 Å². The van der Waals surface area contributed by atoms with Crippen molar-refractivity contribution in [2.45, 2.75) is 52.1 Å². The molecule has 4 heteroatoms. The molecule has 1 saturated heterocycles. The number of carbonyl (C=O) groups excluding carboxylic acids is 1. The van der Waals surface area contributed by atoms with Crippen LogP contribution in [0.15, 0.2) is 30.3 Å². The Morgan fingerprint density at radius 3 is 2.50 bits per heavy atom. The second kappa shape index (κ2) is 9.80. The summed E-state index contributed by atoms with van der Waals surface area (Å²) in [7, 11) is 0. The van der Waals surface area contributed by atoms with Crippen molar-refractivity contribution in [3.63, 3.8) is 0 Å². The molecule has 134 valence electrons. The summed E-state index contributed by atoms with van der Waals surface area (Å²) in [6.45, 7) is 9.89. The van der Waals surface area contributed by atoms with Crippen molar-refractivity contribution in [3.8, 4) is 0 Å². The van der Waals surface area contributed by atoms with Gasteiger partial charge in [-0.15, -0.1) is 0 Å². The first kappa shape index (κ1) is 18.9. The van der Waals surface area contributed by atoms with Crippen molar-refractivity contribution in [2.75, 3.05) is 26.2 Å². The minimum Gasteiger partial charge on any atom is -0.353 e. The molecule has 1 fully saturated rings. The number of nitrogens with one attached hydrogen (secondary N) is 2. The minimum absolute atomic E-state index is 0.0310. The summed E-state index contributed by atoms with van der Waals surface area (Å²) >= 11 is 0. The van der Waals surface area contributed by atoms with Gasteiger partial charge in [-0.1, -0.05) is 37.3 Å². The predicted octanol–water partition coefficient (Wildman–Crippen LogP) is 2.44. The molecule has 24 heavy (non-hydrogen) atoms. The number of carbonyl (C=O) groups is 1. The van der Waals surface area contributed by atoms with Crippen LogP contribution in [0.25, 0.3) is 0 Å². The molecule has 1 aromatic rings. The molecule has 0 aliphatic carbocycles. The van der Waals surface area contributed by atoms with E-state index in [1.807, 2.05) is 6.92 Å². The van der Waals surface area contributed by atoms with E-state index in [1.165, 1.54) is 18.4 Å². The van der Waals surface area contributed by atoms with Crippen LogP contribution in [0.4, 0.5) is 0 Å². The lowest BCUT2D eigenvalue weighted by atomic mass is 9.89. The van der Waals surface area contributed by atoms with Gasteiger partial charge in [0.15, 0.2) is 0 Å². The lowest BCUT2D eigenvalue weighted by Crippen LogP contribution is -2.50. The number of nitrogens with zero attached hydrogens (tertiary/aromatic N) is 1. The SMILES string of the molecule is CCN[C@H](C)CNC(=O)C(C)N1CCC(Cc2ccccc2)CC1. The van der Waals surface area contributed by atoms with Crippen LogP contribution < -0.4 is 10.6 Å². The second-order valence-corrected chi connectivity index (χ2v) is 7.05. The number of hydrogen-bond donors (Lipinski definition) is 2. The van der Waals surface area contributed by atoms with E-state index in [0.717, 1.165) is 32.0 Å². The third-order valence-electron chi connectivity index (χ3n) is 5.08.